The third-order valence-corrected chi connectivity index (χ3v) is 8.55. The van der Waals surface area contributed by atoms with Crippen molar-refractivity contribution in [1.82, 2.24) is 0 Å². The molecular weight excluding hydrogens is 512 g/mol. The third-order valence-electron chi connectivity index (χ3n) is 8.55. The van der Waals surface area contributed by atoms with Crippen LogP contribution in [-0.2, 0) is 0 Å². The van der Waals surface area contributed by atoms with Crippen molar-refractivity contribution < 1.29 is 8.83 Å². The van der Waals surface area contributed by atoms with Gasteiger partial charge in [-0.1, -0.05) is 121 Å². The Labute approximate surface area is 242 Å². The van der Waals surface area contributed by atoms with Crippen LogP contribution in [0.5, 0.6) is 0 Å². The van der Waals surface area contributed by atoms with E-state index in [1.54, 1.807) is 6.26 Å². The molecule has 0 saturated heterocycles. The van der Waals surface area contributed by atoms with E-state index in [9.17, 15) is 0 Å². The molecule has 0 atom stereocenters. The third kappa shape index (κ3) is 3.33. The van der Waals surface area contributed by atoms with Gasteiger partial charge in [-0.25, -0.2) is 0 Å². The lowest BCUT2D eigenvalue weighted by atomic mass is 9.83. The Balaban J connectivity index is 1.41. The molecule has 0 radical (unpaired) electrons. The Kier molecular flexibility index (Phi) is 4.93. The molecule has 196 valence electrons. The zero-order valence-electron chi connectivity index (χ0n) is 22.7. The maximum absolute atomic E-state index is 6.65. The number of para-hydroxylation sites is 1. The van der Waals surface area contributed by atoms with Crippen LogP contribution in [0.25, 0.3) is 87.8 Å². The first-order valence-corrected chi connectivity index (χ1v) is 14.3. The van der Waals surface area contributed by atoms with Crippen LogP contribution >= 0.6 is 0 Å². The molecule has 0 amide bonds. The summed E-state index contributed by atoms with van der Waals surface area (Å²) in [5.41, 5.74) is 9.77. The molecule has 9 aromatic rings. The highest BCUT2D eigenvalue weighted by molar-refractivity contribution is 6.25. The zero-order chi connectivity index (χ0) is 27.6. The average molecular weight is 537 g/mol. The fourth-order valence-corrected chi connectivity index (χ4v) is 6.73. The Hall–Kier alpha value is -5.60. The molecule has 2 heterocycles. The topological polar surface area (TPSA) is 26.3 Å². The van der Waals surface area contributed by atoms with E-state index < -0.39 is 0 Å². The standard InChI is InChI=1S/C40H24O2/c1-2-11-25(12-3-1)27-13-4-5-14-28(27)38-29-15-6-8-17-31(29)39(32-18-9-7-16-30(32)38)34-20-10-19-33-35-23-26-21-22-41-36(26)24-37(35)42-40(33)34/h1-24H. The molecule has 0 unspecified atom stereocenters. The van der Waals surface area contributed by atoms with Crippen LogP contribution in [0.3, 0.4) is 0 Å². The van der Waals surface area contributed by atoms with Gasteiger partial charge in [0.05, 0.1) is 6.26 Å². The van der Waals surface area contributed by atoms with Gasteiger partial charge in [-0.05, 0) is 55.9 Å². The van der Waals surface area contributed by atoms with Gasteiger partial charge in [-0.15, -0.1) is 0 Å². The van der Waals surface area contributed by atoms with Gasteiger partial charge >= 0.3 is 0 Å². The molecule has 0 saturated carbocycles. The highest BCUT2D eigenvalue weighted by atomic mass is 16.3. The number of hydrogen-bond donors (Lipinski definition) is 0. The van der Waals surface area contributed by atoms with Crippen molar-refractivity contribution in [1.29, 1.82) is 0 Å². The molecule has 0 fully saturated rings. The number of benzene rings is 7. The van der Waals surface area contributed by atoms with Gasteiger partial charge in [0.1, 0.15) is 16.7 Å². The minimum Gasteiger partial charge on any atom is -0.464 e. The second-order valence-corrected chi connectivity index (χ2v) is 10.8. The summed E-state index contributed by atoms with van der Waals surface area (Å²) in [6.07, 6.45) is 1.73. The van der Waals surface area contributed by atoms with Crippen LogP contribution in [0.1, 0.15) is 0 Å². The second-order valence-electron chi connectivity index (χ2n) is 10.8. The molecule has 0 N–H and O–H groups in total. The first-order valence-electron chi connectivity index (χ1n) is 14.3. The lowest BCUT2D eigenvalue weighted by Gasteiger charge is -2.19. The molecule has 0 aliphatic rings. The van der Waals surface area contributed by atoms with Crippen molar-refractivity contribution in [3.63, 3.8) is 0 Å². The molecule has 42 heavy (non-hydrogen) atoms. The molecule has 9 rings (SSSR count). The van der Waals surface area contributed by atoms with Crippen LogP contribution < -0.4 is 0 Å². The largest absolute Gasteiger partial charge is 0.464 e. The van der Waals surface area contributed by atoms with E-state index in [2.05, 4.69) is 127 Å². The molecule has 7 aromatic carbocycles. The quantitative estimate of drug-likeness (QED) is 0.210. The van der Waals surface area contributed by atoms with E-state index in [4.69, 9.17) is 8.83 Å². The predicted molar refractivity (Wildman–Crippen MR) is 175 cm³/mol. The van der Waals surface area contributed by atoms with E-state index >= 15 is 0 Å². The average Bonchev–Trinajstić information content (AvgIpc) is 3.67. The minimum absolute atomic E-state index is 0.834. The van der Waals surface area contributed by atoms with Crippen LogP contribution in [0.2, 0.25) is 0 Å². The summed E-state index contributed by atoms with van der Waals surface area (Å²) in [7, 11) is 0. The number of rotatable bonds is 3. The van der Waals surface area contributed by atoms with Gasteiger partial charge in [-0.2, -0.15) is 0 Å². The van der Waals surface area contributed by atoms with Crippen LogP contribution in [0.4, 0.5) is 0 Å². The molecule has 2 aromatic heterocycles. The molecule has 0 aliphatic carbocycles. The van der Waals surface area contributed by atoms with Crippen molar-refractivity contribution in [3.05, 3.63) is 146 Å². The van der Waals surface area contributed by atoms with Crippen molar-refractivity contribution in [2.45, 2.75) is 0 Å². The Morgan fingerprint density at radius 3 is 1.67 bits per heavy atom. The lowest BCUT2D eigenvalue weighted by molar-refractivity contribution is 0.613. The smallest absolute Gasteiger partial charge is 0.143 e. The number of furan rings is 2. The fourth-order valence-electron chi connectivity index (χ4n) is 6.73. The van der Waals surface area contributed by atoms with Crippen molar-refractivity contribution in [3.8, 4) is 33.4 Å². The molecule has 2 heteroatoms. The number of fused-ring (bicyclic) bond motifs is 6. The summed E-state index contributed by atoms with van der Waals surface area (Å²) in [6, 6.07) is 49.7. The normalized spacial score (nSPS) is 11.8. The lowest BCUT2D eigenvalue weighted by Crippen LogP contribution is -1.92. The molecule has 0 aliphatic heterocycles. The van der Waals surface area contributed by atoms with Gasteiger partial charge in [0.25, 0.3) is 0 Å². The van der Waals surface area contributed by atoms with Crippen molar-refractivity contribution >= 4 is 54.5 Å². The van der Waals surface area contributed by atoms with Gasteiger partial charge in [0, 0.05) is 33.4 Å². The summed E-state index contributed by atoms with van der Waals surface area (Å²) < 4.78 is 12.3. The first kappa shape index (κ1) is 23.1. The summed E-state index contributed by atoms with van der Waals surface area (Å²) in [4.78, 5) is 0. The van der Waals surface area contributed by atoms with Crippen LogP contribution in [0.15, 0.2) is 155 Å². The van der Waals surface area contributed by atoms with Gasteiger partial charge in [0.15, 0.2) is 0 Å². The van der Waals surface area contributed by atoms with Crippen LogP contribution in [-0.4, -0.2) is 0 Å². The minimum atomic E-state index is 0.834. The summed E-state index contributed by atoms with van der Waals surface area (Å²) in [6.45, 7) is 0. The zero-order valence-corrected chi connectivity index (χ0v) is 22.7. The molecule has 2 nitrogen and oxygen atoms in total. The van der Waals surface area contributed by atoms with Gasteiger partial charge in [0.2, 0.25) is 0 Å². The second kappa shape index (κ2) is 8.95. The highest BCUT2D eigenvalue weighted by Crippen LogP contribution is 2.48. The van der Waals surface area contributed by atoms with E-state index in [1.807, 2.05) is 12.1 Å². The van der Waals surface area contributed by atoms with Gasteiger partial charge in [-0.3, -0.25) is 0 Å². The van der Waals surface area contributed by atoms with Crippen molar-refractivity contribution in [2.75, 3.05) is 0 Å². The highest BCUT2D eigenvalue weighted by Gasteiger charge is 2.21. The number of hydrogen-bond acceptors (Lipinski definition) is 2. The van der Waals surface area contributed by atoms with E-state index in [0.29, 0.717) is 0 Å². The summed E-state index contributed by atoms with van der Waals surface area (Å²) in [5, 5.41) is 8.14. The SMILES string of the molecule is c1ccc(-c2ccccc2-c2c3ccccc3c(-c3cccc4c3oc3cc5occc5cc34)c3ccccc23)cc1. The molecule has 0 spiro atoms. The monoisotopic (exact) mass is 536 g/mol. The van der Waals surface area contributed by atoms with E-state index in [0.717, 1.165) is 38.5 Å². The van der Waals surface area contributed by atoms with Gasteiger partial charge < -0.3 is 8.83 Å². The van der Waals surface area contributed by atoms with E-state index in [1.165, 1.54) is 49.4 Å². The Morgan fingerprint density at radius 1 is 0.381 bits per heavy atom. The maximum atomic E-state index is 6.65. The molecular formula is C40H24O2. The Morgan fingerprint density at radius 2 is 0.952 bits per heavy atom. The fraction of sp³-hybridized carbons (Fsp3) is 0. The summed E-state index contributed by atoms with van der Waals surface area (Å²) >= 11 is 0. The van der Waals surface area contributed by atoms with Crippen LogP contribution in [0, 0.1) is 0 Å². The molecule has 0 bridgehead atoms. The Bertz CT molecular complexity index is 2400. The summed E-state index contributed by atoms with van der Waals surface area (Å²) in [5.74, 6) is 0. The van der Waals surface area contributed by atoms with Crippen molar-refractivity contribution in [2.24, 2.45) is 0 Å². The van der Waals surface area contributed by atoms with E-state index in [-0.39, 0.29) is 0 Å². The predicted octanol–water partition coefficient (Wildman–Crippen LogP) is 11.6. The maximum Gasteiger partial charge on any atom is 0.143 e. The first-order chi connectivity index (χ1) is 20.8.